The molecule has 0 fully saturated rings. The summed E-state index contributed by atoms with van der Waals surface area (Å²) >= 11 is 1.45. The summed E-state index contributed by atoms with van der Waals surface area (Å²) in [6.07, 6.45) is 2.49. The number of halogens is 2. The van der Waals surface area contributed by atoms with Crippen LogP contribution < -0.4 is 0 Å². The van der Waals surface area contributed by atoms with Crippen LogP contribution in [0.25, 0.3) is 17.1 Å². The summed E-state index contributed by atoms with van der Waals surface area (Å²) in [5.41, 5.74) is 1.98. The van der Waals surface area contributed by atoms with Gasteiger partial charge in [-0.3, -0.25) is 9.55 Å². The predicted octanol–water partition coefficient (Wildman–Crippen LogP) is 4.94. The molecule has 2 heterocycles. The van der Waals surface area contributed by atoms with E-state index in [-0.39, 0.29) is 5.69 Å². The first-order valence-electron chi connectivity index (χ1n) is 8.71. The fourth-order valence-electron chi connectivity index (χ4n) is 2.81. The van der Waals surface area contributed by atoms with Crippen molar-refractivity contribution in [3.8, 4) is 17.1 Å². The molecule has 2 aromatic carbocycles. The lowest BCUT2D eigenvalue weighted by atomic mass is 10.2. The van der Waals surface area contributed by atoms with Crippen LogP contribution >= 0.6 is 11.8 Å². The fourth-order valence-corrected chi connectivity index (χ4v) is 3.72. The SMILES string of the molecule is Fc1ccc(-n2c(SCCc3ccccn3)nnc2-c2ccccc2)c(F)c1. The smallest absolute Gasteiger partial charge is 0.196 e. The van der Waals surface area contributed by atoms with Crippen molar-refractivity contribution >= 4 is 11.8 Å². The molecule has 0 radical (unpaired) electrons. The van der Waals surface area contributed by atoms with Gasteiger partial charge in [0.15, 0.2) is 11.0 Å². The van der Waals surface area contributed by atoms with E-state index in [1.807, 2.05) is 48.5 Å². The molecule has 4 nitrogen and oxygen atoms in total. The Labute approximate surface area is 165 Å². The Hall–Kier alpha value is -3.06. The third-order valence-electron chi connectivity index (χ3n) is 4.13. The minimum absolute atomic E-state index is 0.214. The molecule has 0 saturated carbocycles. The van der Waals surface area contributed by atoms with Crippen molar-refractivity contribution in [3.63, 3.8) is 0 Å². The highest BCUT2D eigenvalue weighted by Crippen LogP contribution is 2.29. The topological polar surface area (TPSA) is 43.6 Å². The van der Waals surface area contributed by atoms with Crippen molar-refractivity contribution in [1.82, 2.24) is 19.7 Å². The van der Waals surface area contributed by atoms with Crippen LogP contribution in [0, 0.1) is 11.6 Å². The second-order valence-corrected chi connectivity index (χ2v) is 7.08. The van der Waals surface area contributed by atoms with Crippen molar-refractivity contribution in [2.75, 3.05) is 5.75 Å². The number of hydrogen-bond acceptors (Lipinski definition) is 4. The zero-order valence-corrected chi connectivity index (χ0v) is 15.6. The predicted molar refractivity (Wildman–Crippen MR) is 105 cm³/mol. The fraction of sp³-hybridized carbons (Fsp3) is 0.0952. The Morgan fingerprint density at radius 1 is 0.893 bits per heavy atom. The lowest BCUT2D eigenvalue weighted by Gasteiger charge is -2.11. The van der Waals surface area contributed by atoms with Gasteiger partial charge >= 0.3 is 0 Å². The van der Waals surface area contributed by atoms with Gasteiger partial charge in [-0.2, -0.15) is 0 Å². The number of hydrogen-bond donors (Lipinski definition) is 0. The van der Waals surface area contributed by atoms with E-state index in [2.05, 4.69) is 15.2 Å². The maximum atomic E-state index is 14.5. The number of pyridine rings is 1. The molecule has 28 heavy (non-hydrogen) atoms. The summed E-state index contributed by atoms with van der Waals surface area (Å²) in [6.45, 7) is 0. The zero-order valence-electron chi connectivity index (χ0n) is 14.8. The van der Waals surface area contributed by atoms with Gasteiger partial charge in [0.25, 0.3) is 0 Å². The van der Waals surface area contributed by atoms with E-state index >= 15 is 0 Å². The minimum Gasteiger partial charge on any atom is -0.267 e. The van der Waals surface area contributed by atoms with Crippen LogP contribution in [0.1, 0.15) is 5.69 Å². The van der Waals surface area contributed by atoms with E-state index in [0.717, 1.165) is 23.7 Å². The monoisotopic (exact) mass is 394 g/mol. The second kappa shape index (κ2) is 8.31. The average molecular weight is 394 g/mol. The molecule has 0 aliphatic carbocycles. The van der Waals surface area contributed by atoms with E-state index in [4.69, 9.17) is 0 Å². The summed E-state index contributed by atoms with van der Waals surface area (Å²) in [5.74, 6) is -0.0813. The highest BCUT2D eigenvalue weighted by molar-refractivity contribution is 7.99. The van der Waals surface area contributed by atoms with Gasteiger partial charge < -0.3 is 0 Å². The maximum Gasteiger partial charge on any atom is 0.196 e. The molecule has 0 unspecified atom stereocenters. The van der Waals surface area contributed by atoms with Crippen LogP contribution in [0.4, 0.5) is 8.78 Å². The average Bonchev–Trinajstić information content (AvgIpc) is 3.13. The lowest BCUT2D eigenvalue weighted by molar-refractivity contribution is 0.575. The molecule has 140 valence electrons. The molecule has 0 saturated heterocycles. The van der Waals surface area contributed by atoms with Crippen LogP contribution in [0.3, 0.4) is 0 Å². The van der Waals surface area contributed by atoms with Crippen molar-refractivity contribution in [1.29, 1.82) is 0 Å². The summed E-state index contributed by atoms with van der Waals surface area (Å²) in [7, 11) is 0. The second-order valence-electron chi connectivity index (χ2n) is 6.02. The third kappa shape index (κ3) is 3.94. The molecule has 0 aliphatic heterocycles. The molecule has 0 N–H and O–H groups in total. The first-order chi connectivity index (χ1) is 13.7. The van der Waals surface area contributed by atoms with Crippen LogP contribution in [-0.4, -0.2) is 25.5 Å². The molecule has 4 aromatic rings. The van der Waals surface area contributed by atoms with E-state index in [1.165, 1.54) is 23.9 Å². The molecule has 4 rings (SSSR count). The summed E-state index contributed by atoms with van der Waals surface area (Å²) in [6, 6.07) is 18.7. The summed E-state index contributed by atoms with van der Waals surface area (Å²) < 4.78 is 29.6. The van der Waals surface area contributed by atoms with Gasteiger partial charge in [0.1, 0.15) is 11.6 Å². The maximum absolute atomic E-state index is 14.5. The first kappa shape index (κ1) is 18.3. The molecule has 7 heteroatoms. The highest BCUT2D eigenvalue weighted by atomic mass is 32.2. The summed E-state index contributed by atoms with van der Waals surface area (Å²) in [5, 5.41) is 9.07. The number of nitrogens with zero attached hydrogens (tertiary/aromatic N) is 4. The first-order valence-corrected chi connectivity index (χ1v) is 9.70. The third-order valence-corrected chi connectivity index (χ3v) is 5.06. The van der Waals surface area contributed by atoms with E-state index in [1.54, 1.807) is 10.8 Å². The van der Waals surface area contributed by atoms with Crippen molar-refractivity contribution in [3.05, 3.63) is 90.3 Å². The largest absolute Gasteiger partial charge is 0.267 e. The van der Waals surface area contributed by atoms with Crippen LogP contribution in [0.15, 0.2) is 78.1 Å². The molecular formula is C21H16F2N4S. The van der Waals surface area contributed by atoms with Crippen LogP contribution in [0.2, 0.25) is 0 Å². The van der Waals surface area contributed by atoms with Crippen LogP contribution in [0.5, 0.6) is 0 Å². The van der Waals surface area contributed by atoms with Gasteiger partial charge in [0.2, 0.25) is 0 Å². The van der Waals surface area contributed by atoms with Crippen LogP contribution in [-0.2, 0) is 6.42 Å². The Morgan fingerprint density at radius 2 is 1.71 bits per heavy atom. The van der Waals surface area contributed by atoms with E-state index < -0.39 is 11.6 Å². The lowest BCUT2D eigenvalue weighted by Crippen LogP contribution is -2.03. The van der Waals surface area contributed by atoms with E-state index in [0.29, 0.717) is 16.7 Å². The van der Waals surface area contributed by atoms with Crippen molar-refractivity contribution < 1.29 is 8.78 Å². The van der Waals surface area contributed by atoms with Gasteiger partial charge in [-0.25, -0.2) is 8.78 Å². The number of thioether (sulfide) groups is 1. The standard InChI is InChI=1S/C21H16F2N4S/c22-16-9-10-19(18(23)14-16)27-20(15-6-2-1-3-7-15)25-26-21(27)28-13-11-17-8-4-5-12-24-17/h1-10,12,14H,11,13H2. The number of aryl methyl sites for hydroxylation is 1. The Kier molecular flexibility index (Phi) is 5.43. The molecule has 2 aromatic heterocycles. The van der Waals surface area contributed by atoms with Gasteiger partial charge in [0.05, 0.1) is 5.69 Å². The van der Waals surface area contributed by atoms with Gasteiger partial charge in [-0.1, -0.05) is 48.2 Å². The molecular weight excluding hydrogens is 378 g/mol. The van der Waals surface area contributed by atoms with Crippen molar-refractivity contribution in [2.24, 2.45) is 0 Å². The summed E-state index contributed by atoms with van der Waals surface area (Å²) in [4.78, 5) is 4.31. The number of rotatable bonds is 6. The van der Waals surface area contributed by atoms with Gasteiger partial charge in [-0.15, -0.1) is 10.2 Å². The van der Waals surface area contributed by atoms with Gasteiger partial charge in [-0.05, 0) is 30.7 Å². The molecule has 0 amide bonds. The minimum atomic E-state index is -0.663. The Balaban J connectivity index is 1.69. The van der Waals surface area contributed by atoms with E-state index in [9.17, 15) is 8.78 Å². The highest BCUT2D eigenvalue weighted by Gasteiger charge is 2.19. The quantitative estimate of drug-likeness (QED) is 0.435. The zero-order chi connectivity index (χ0) is 19.3. The number of benzene rings is 2. The number of aromatic nitrogens is 4. The van der Waals surface area contributed by atoms with Crippen molar-refractivity contribution in [2.45, 2.75) is 11.6 Å². The molecule has 0 atom stereocenters. The Bertz CT molecular complexity index is 1070. The molecule has 0 spiro atoms. The normalized spacial score (nSPS) is 10.9. The molecule has 0 bridgehead atoms. The Morgan fingerprint density at radius 3 is 2.46 bits per heavy atom. The van der Waals surface area contributed by atoms with Gasteiger partial charge in [0, 0.05) is 29.3 Å². The molecule has 0 aliphatic rings.